The molecule has 100 valence electrons. The van der Waals surface area contributed by atoms with Gasteiger partial charge >= 0.3 is 0 Å². The molecule has 0 heterocycles. The highest BCUT2D eigenvalue weighted by Gasteiger charge is 2.06. The van der Waals surface area contributed by atoms with Crippen molar-refractivity contribution in [1.29, 1.82) is 0 Å². The van der Waals surface area contributed by atoms with E-state index in [2.05, 4.69) is 0 Å². The van der Waals surface area contributed by atoms with E-state index in [4.69, 9.17) is 15.2 Å². The molecule has 2 aromatic rings. The normalized spacial score (nSPS) is 10.3. The van der Waals surface area contributed by atoms with Crippen LogP contribution in [-0.4, -0.2) is 7.11 Å². The number of aryl methyl sites for hydroxylation is 2. The van der Waals surface area contributed by atoms with Gasteiger partial charge in [0.25, 0.3) is 0 Å². The first kappa shape index (κ1) is 13.3. The molecule has 0 fully saturated rings. The summed E-state index contributed by atoms with van der Waals surface area (Å²) in [6, 6.07) is 11.7. The number of nitrogen functional groups attached to an aromatic ring is 1. The maximum atomic E-state index is 5.90. The van der Waals surface area contributed by atoms with Gasteiger partial charge in [-0.2, -0.15) is 0 Å². The van der Waals surface area contributed by atoms with Gasteiger partial charge in [-0.25, -0.2) is 0 Å². The molecule has 0 saturated heterocycles. The Morgan fingerprint density at radius 3 is 2.37 bits per heavy atom. The van der Waals surface area contributed by atoms with E-state index in [0.717, 1.165) is 33.9 Å². The van der Waals surface area contributed by atoms with Crippen LogP contribution in [0.1, 0.15) is 16.7 Å². The predicted molar refractivity (Wildman–Crippen MR) is 77.7 cm³/mol. The summed E-state index contributed by atoms with van der Waals surface area (Å²) in [5.41, 5.74) is 9.76. The monoisotopic (exact) mass is 257 g/mol. The minimum atomic E-state index is 0.517. The fraction of sp³-hybridized carbons (Fsp3) is 0.250. The highest BCUT2D eigenvalue weighted by molar-refractivity contribution is 5.52. The van der Waals surface area contributed by atoms with E-state index in [1.807, 2.05) is 50.2 Å². The van der Waals surface area contributed by atoms with Gasteiger partial charge in [0.1, 0.15) is 18.1 Å². The average Bonchev–Trinajstić information content (AvgIpc) is 2.37. The Labute approximate surface area is 114 Å². The van der Waals surface area contributed by atoms with E-state index in [-0.39, 0.29) is 0 Å². The zero-order chi connectivity index (χ0) is 13.8. The summed E-state index contributed by atoms with van der Waals surface area (Å²) in [5, 5.41) is 0. The van der Waals surface area contributed by atoms with Gasteiger partial charge in [0.15, 0.2) is 0 Å². The van der Waals surface area contributed by atoms with Crippen molar-refractivity contribution in [2.75, 3.05) is 12.8 Å². The van der Waals surface area contributed by atoms with Crippen molar-refractivity contribution in [3.05, 3.63) is 53.1 Å². The molecule has 0 unspecified atom stereocenters. The van der Waals surface area contributed by atoms with Crippen molar-refractivity contribution in [3.8, 4) is 11.5 Å². The second kappa shape index (κ2) is 5.65. The van der Waals surface area contributed by atoms with Crippen molar-refractivity contribution in [3.63, 3.8) is 0 Å². The van der Waals surface area contributed by atoms with Gasteiger partial charge in [-0.15, -0.1) is 0 Å². The third kappa shape index (κ3) is 3.19. The van der Waals surface area contributed by atoms with Crippen molar-refractivity contribution in [2.45, 2.75) is 20.5 Å². The molecule has 0 aromatic heterocycles. The molecule has 0 amide bonds. The SMILES string of the molecule is COc1cccc(COc2c(C)cc(N)cc2C)c1. The molecule has 0 aliphatic rings. The fourth-order valence-corrected chi connectivity index (χ4v) is 2.13. The summed E-state index contributed by atoms with van der Waals surface area (Å²) in [6.45, 7) is 4.53. The molecule has 0 spiro atoms. The second-order valence-electron chi connectivity index (χ2n) is 4.62. The molecule has 0 bridgehead atoms. The maximum Gasteiger partial charge on any atom is 0.125 e. The molecule has 2 rings (SSSR count). The fourth-order valence-electron chi connectivity index (χ4n) is 2.13. The van der Waals surface area contributed by atoms with E-state index >= 15 is 0 Å². The van der Waals surface area contributed by atoms with Crippen LogP contribution in [0.15, 0.2) is 36.4 Å². The first-order valence-electron chi connectivity index (χ1n) is 6.22. The summed E-state index contributed by atoms with van der Waals surface area (Å²) in [5.74, 6) is 1.74. The third-order valence-electron chi connectivity index (χ3n) is 3.00. The number of rotatable bonds is 4. The lowest BCUT2D eigenvalue weighted by Gasteiger charge is -2.13. The standard InChI is InChI=1S/C16H19NO2/c1-11-7-14(17)8-12(2)16(11)19-10-13-5-4-6-15(9-13)18-3/h4-9H,10,17H2,1-3H3. The van der Waals surface area contributed by atoms with Crippen LogP contribution in [0.4, 0.5) is 5.69 Å². The molecule has 0 aliphatic heterocycles. The Morgan fingerprint density at radius 1 is 1.05 bits per heavy atom. The van der Waals surface area contributed by atoms with Crippen LogP contribution in [0.3, 0.4) is 0 Å². The Kier molecular flexibility index (Phi) is 3.95. The predicted octanol–water partition coefficient (Wildman–Crippen LogP) is 3.47. The van der Waals surface area contributed by atoms with Gasteiger partial charge in [0.2, 0.25) is 0 Å². The van der Waals surface area contributed by atoms with Crippen LogP contribution in [0.5, 0.6) is 11.5 Å². The lowest BCUT2D eigenvalue weighted by molar-refractivity contribution is 0.301. The van der Waals surface area contributed by atoms with Gasteiger partial charge < -0.3 is 15.2 Å². The Morgan fingerprint density at radius 2 is 1.74 bits per heavy atom. The second-order valence-corrected chi connectivity index (χ2v) is 4.62. The number of hydrogen-bond donors (Lipinski definition) is 1. The molecular weight excluding hydrogens is 238 g/mol. The highest BCUT2D eigenvalue weighted by Crippen LogP contribution is 2.27. The minimum Gasteiger partial charge on any atom is -0.497 e. The number of benzene rings is 2. The van der Waals surface area contributed by atoms with Crippen LogP contribution < -0.4 is 15.2 Å². The topological polar surface area (TPSA) is 44.5 Å². The van der Waals surface area contributed by atoms with Crippen molar-refractivity contribution in [2.24, 2.45) is 0 Å². The van der Waals surface area contributed by atoms with Crippen LogP contribution in [0.25, 0.3) is 0 Å². The minimum absolute atomic E-state index is 0.517. The van der Waals surface area contributed by atoms with Gasteiger partial charge in [-0.05, 0) is 54.8 Å². The van der Waals surface area contributed by atoms with E-state index in [0.29, 0.717) is 6.61 Å². The zero-order valence-corrected chi connectivity index (χ0v) is 11.6. The van der Waals surface area contributed by atoms with Crippen LogP contribution in [0, 0.1) is 13.8 Å². The van der Waals surface area contributed by atoms with Crippen LogP contribution in [0.2, 0.25) is 0 Å². The molecule has 3 nitrogen and oxygen atoms in total. The molecule has 0 saturated carbocycles. The first-order valence-corrected chi connectivity index (χ1v) is 6.22. The number of hydrogen-bond acceptors (Lipinski definition) is 3. The van der Waals surface area contributed by atoms with Gasteiger partial charge in [-0.1, -0.05) is 12.1 Å². The van der Waals surface area contributed by atoms with Crippen LogP contribution >= 0.6 is 0 Å². The number of methoxy groups -OCH3 is 1. The van der Waals surface area contributed by atoms with Crippen molar-refractivity contribution in [1.82, 2.24) is 0 Å². The summed E-state index contributed by atoms with van der Waals surface area (Å²) in [4.78, 5) is 0. The molecule has 19 heavy (non-hydrogen) atoms. The highest BCUT2D eigenvalue weighted by atomic mass is 16.5. The van der Waals surface area contributed by atoms with Crippen molar-refractivity contribution < 1.29 is 9.47 Å². The van der Waals surface area contributed by atoms with Gasteiger partial charge in [-0.3, -0.25) is 0 Å². The Bertz CT molecular complexity index is 556. The van der Waals surface area contributed by atoms with E-state index in [1.54, 1.807) is 7.11 Å². The molecule has 2 aromatic carbocycles. The summed E-state index contributed by atoms with van der Waals surface area (Å²) in [7, 11) is 1.66. The quantitative estimate of drug-likeness (QED) is 0.853. The Balaban J connectivity index is 2.14. The lowest BCUT2D eigenvalue weighted by atomic mass is 10.1. The third-order valence-corrected chi connectivity index (χ3v) is 3.00. The van der Waals surface area contributed by atoms with Gasteiger partial charge in [0, 0.05) is 5.69 Å². The maximum absolute atomic E-state index is 5.90. The van der Waals surface area contributed by atoms with Crippen molar-refractivity contribution >= 4 is 5.69 Å². The number of anilines is 1. The van der Waals surface area contributed by atoms with E-state index in [9.17, 15) is 0 Å². The van der Waals surface area contributed by atoms with E-state index in [1.165, 1.54) is 0 Å². The average molecular weight is 257 g/mol. The molecule has 3 heteroatoms. The van der Waals surface area contributed by atoms with Crippen LogP contribution in [-0.2, 0) is 6.61 Å². The zero-order valence-electron chi connectivity index (χ0n) is 11.6. The smallest absolute Gasteiger partial charge is 0.125 e. The molecular formula is C16H19NO2. The van der Waals surface area contributed by atoms with Gasteiger partial charge in [0.05, 0.1) is 7.11 Å². The molecule has 0 radical (unpaired) electrons. The Hall–Kier alpha value is -2.16. The molecule has 2 N–H and O–H groups in total. The first-order chi connectivity index (χ1) is 9.10. The summed E-state index contributed by atoms with van der Waals surface area (Å²) < 4.78 is 11.1. The van der Waals surface area contributed by atoms with E-state index < -0.39 is 0 Å². The summed E-state index contributed by atoms with van der Waals surface area (Å²) in [6.07, 6.45) is 0. The number of nitrogens with two attached hydrogens (primary N) is 1. The molecule has 0 aliphatic carbocycles. The largest absolute Gasteiger partial charge is 0.497 e. The lowest BCUT2D eigenvalue weighted by Crippen LogP contribution is -2.00. The molecule has 0 atom stereocenters. The number of ether oxygens (including phenoxy) is 2. The summed E-state index contributed by atoms with van der Waals surface area (Å²) >= 11 is 0.